The van der Waals surface area contributed by atoms with Crippen molar-refractivity contribution >= 4 is 5.91 Å². The number of carbonyl (C=O) groups is 1. The first kappa shape index (κ1) is 14.0. The van der Waals surface area contributed by atoms with Gasteiger partial charge >= 0.3 is 5.91 Å². The van der Waals surface area contributed by atoms with Gasteiger partial charge < -0.3 is 13.9 Å². The number of methoxy groups -OCH3 is 1. The minimum Gasteiger partial charge on any atom is -0.497 e. The molecule has 0 atom stereocenters. The molecule has 20 heavy (non-hydrogen) atoms. The maximum atomic E-state index is 11.4. The number of ether oxygens (including phenoxy) is 2. The summed E-state index contributed by atoms with van der Waals surface area (Å²) in [5, 5.41) is 0. The normalized spacial score (nSPS) is 10.2. The van der Waals surface area contributed by atoms with Crippen LogP contribution in [0.15, 0.2) is 34.7 Å². The molecule has 3 N–H and O–H groups in total. The molecule has 2 rings (SSSR count). The Labute approximate surface area is 116 Å². The number of amides is 1. The van der Waals surface area contributed by atoms with Gasteiger partial charge in [-0.05, 0) is 37.3 Å². The number of hydrogen-bond donors (Lipinski definition) is 2. The Morgan fingerprint density at radius 1 is 1.30 bits per heavy atom. The van der Waals surface area contributed by atoms with Gasteiger partial charge in [0, 0.05) is 5.56 Å². The van der Waals surface area contributed by atoms with Crippen LogP contribution in [0.5, 0.6) is 11.5 Å². The molecule has 1 aromatic carbocycles. The second-order valence-corrected chi connectivity index (χ2v) is 4.16. The molecule has 6 nitrogen and oxygen atoms in total. The lowest BCUT2D eigenvalue weighted by Crippen LogP contribution is -2.30. The Kier molecular flexibility index (Phi) is 4.27. The first-order valence-corrected chi connectivity index (χ1v) is 6.01. The molecule has 0 radical (unpaired) electrons. The first-order valence-electron chi connectivity index (χ1n) is 6.01. The molecule has 2 aromatic rings. The van der Waals surface area contributed by atoms with E-state index in [9.17, 15) is 4.79 Å². The SMILES string of the molecule is COc1ccc(OCc2cc(C)c(C(=O)NN)o2)cc1. The van der Waals surface area contributed by atoms with Gasteiger partial charge in [-0.1, -0.05) is 0 Å². The van der Waals surface area contributed by atoms with Crippen molar-refractivity contribution in [2.45, 2.75) is 13.5 Å². The number of nitrogens with one attached hydrogen (secondary N) is 1. The highest BCUT2D eigenvalue weighted by atomic mass is 16.5. The van der Waals surface area contributed by atoms with Crippen LogP contribution in [-0.4, -0.2) is 13.0 Å². The van der Waals surface area contributed by atoms with Crippen molar-refractivity contribution < 1.29 is 18.7 Å². The van der Waals surface area contributed by atoms with Crippen LogP contribution in [0, 0.1) is 6.92 Å². The molecule has 0 bridgehead atoms. The maximum Gasteiger partial charge on any atom is 0.301 e. The van der Waals surface area contributed by atoms with Crippen LogP contribution in [0.25, 0.3) is 0 Å². The summed E-state index contributed by atoms with van der Waals surface area (Å²) >= 11 is 0. The molecule has 0 aliphatic heterocycles. The van der Waals surface area contributed by atoms with Gasteiger partial charge in [0.05, 0.1) is 7.11 Å². The molecule has 1 amide bonds. The molecule has 6 heteroatoms. The second kappa shape index (κ2) is 6.12. The quantitative estimate of drug-likeness (QED) is 0.494. The van der Waals surface area contributed by atoms with E-state index in [1.807, 2.05) is 5.43 Å². The molecule has 106 valence electrons. The standard InChI is InChI=1S/C14H16N2O4/c1-9-7-12(20-13(9)14(17)16-15)8-19-11-5-3-10(18-2)4-6-11/h3-7H,8,15H2,1-2H3,(H,16,17). The molecule has 0 unspecified atom stereocenters. The van der Waals surface area contributed by atoms with E-state index in [1.54, 1.807) is 44.4 Å². The number of aryl methyl sites for hydroxylation is 1. The molecule has 0 aliphatic rings. The van der Waals surface area contributed by atoms with Crippen molar-refractivity contribution in [1.29, 1.82) is 0 Å². The molecular weight excluding hydrogens is 260 g/mol. The van der Waals surface area contributed by atoms with Crippen molar-refractivity contribution in [2.75, 3.05) is 7.11 Å². The van der Waals surface area contributed by atoms with E-state index in [-0.39, 0.29) is 12.4 Å². The Balaban J connectivity index is 2.01. The summed E-state index contributed by atoms with van der Waals surface area (Å²) in [5.41, 5.74) is 2.74. The van der Waals surface area contributed by atoms with E-state index in [0.29, 0.717) is 17.1 Å². The monoisotopic (exact) mass is 276 g/mol. The summed E-state index contributed by atoms with van der Waals surface area (Å²) in [6.07, 6.45) is 0. The molecule has 0 fully saturated rings. The highest BCUT2D eigenvalue weighted by Crippen LogP contribution is 2.20. The lowest BCUT2D eigenvalue weighted by molar-refractivity contribution is 0.0921. The van der Waals surface area contributed by atoms with Crippen LogP contribution in [0.2, 0.25) is 0 Å². The van der Waals surface area contributed by atoms with Crippen LogP contribution in [0.1, 0.15) is 21.9 Å². The fourth-order valence-electron chi connectivity index (χ4n) is 1.74. The average Bonchev–Trinajstić information content (AvgIpc) is 2.86. The van der Waals surface area contributed by atoms with E-state index in [1.165, 1.54) is 0 Å². The molecule has 0 spiro atoms. The summed E-state index contributed by atoms with van der Waals surface area (Å²) in [7, 11) is 1.60. The van der Waals surface area contributed by atoms with Gasteiger partial charge in [-0.2, -0.15) is 0 Å². The number of hydrazine groups is 1. The smallest absolute Gasteiger partial charge is 0.301 e. The third kappa shape index (κ3) is 3.10. The van der Waals surface area contributed by atoms with E-state index >= 15 is 0 Å². The lowest BCUT2D eigenvalue weighted by Gasteiger charge is -2.05. The first-order chi connectivity index (χ1) is 9.63. The third-order valence-corrected chi connectivity index (χ3v) is 2.75. The molecule has 1 aromatic heterocycles. The van der Waals surface area contributed by atoms with Crippen molar-refractivity contribution in [2.24, 2.45) is 5.84 Å². The van der Waals surface area contributed by atoms with Crippen molar-refractivity contribution in [1.82, 2.24) is 5.43 Å². The van der Waals surface area contributed by atoms with Crippen molar-refractivity contribution in [3.8, 4) is 11.5 Å². The summed E-state index contributed by atoms with van der Waals surface area (Å²) in [5.74, 6) is 6.80. The summed E-state index contributed by atoms with van der Waals surface area (Å²) in [4.78, 5) is 11.4. The fourth-order valence-corrected chi connectivity index (χ4v) is 1.74. The van der Waals surface area contributed by atoms with Gasteiger partial charge in [-0.15, -0.1) is 0 Å². The largest absolute Gasteiger partial charge is 0.497 e. The topological polar surface area (TPSA) is 86.7 Å². The summed E-state index contributed by atoms with van der Waals surface area (Å²) < 4.78 is 16.0. The Bertz CT molecular complexity index is 590. The number of nitrogen functional groups attached to an aromatic ring is 1. The summed E-state index contributed by atoms with van der Waals surface area (Å²) in [6.45, 7) is 2.00. The molecular formula is C14H16N2O4. The van der Waals surface area contributed by atoms with Gasteiger partial charge in [0.2, 0.25) is 0 Å². The van der Waals surface area contributed by atoms with E-state index in [0.717, 1.165) is 5.75 Å². The minimum absolute atomic E-state index is 0.195. The zero-order chi connectivity index (χ0) is 14.5. The summed E-state index contributed by atoms with van der Waals surface area (Å²) in [6, 6.07) is 8.93. The number of rotatable bonds is 5. The molecule has 1 heterocycles. The Hall–Kier alpha value is -2.47. The Morgan fingerprint density at radius 2 is 1.95 bits per heavy atom. The second-order valence-electron chi connectivity index (χ2n) is 4.16. The van der Waals surface area contributed by atoms with Gasteiger partial charge in [0.25, 0.3) is 0 Å². The van der Waals surface area contributed by atoms with Gasteiger partial charge in [-0.25, -0.2) is 5.84 Å². The lowest BCUT2D eigenvalue weighted by atomic mass is 10.2. The van der Waals surface area contributed by atoms with Crippen LogP contribution in [0.3, 0.4) is 0 Å². The van der Waals surface area contributed by atoms with Crippen LogP contribution in [0.4, 0.5) is 0 Å². The predicted molar refractivity (Wildman–Crippen MR) is 72.4 cm³/mol. The number of nitrogens with two attached hydrogens (primary N) is 1. The van der Waals surface area contributed by atoms with Crippen molar-refractivity contribution in [3.05, 3.63) is 47.4 Å². The molecule has 0 saturated heterocycles. The third-order valence-electron chi connectivity index (χ3n) is 2.75. The number of carbonyl (C=O) groups excluding carboxylic acids is 1. The molecule has 0 aliphatic carbocycles. The zero-order valence-electron chi connectivity index (χ0n) is 11.3. The molecule has 0 saturated carbocycles. The fraction of sp³-hybridized carbons (Fsp3) is 0.214. The van der Waals surface area contributed by atoms with E-state index in [2.05, 4.69) is 0 Å². The zero-order valence-corrected chi connectivity index (χ0v) is 11.3. The number of benzene rings is 1. The van der Waals surface area contributed by atoms with Crippen LogP contribution < -0.4 is 20.7 Å². The predicted octanol–water partition coefficient (Wildman–Crippen LogP) is 1.78. The van der Waals surface area contributed by atoms with Gasteiger partial charge in [0.15, 0.2) is 5.76 Å². The number of furan rings is 1. The van der Waals surface area contributed by atoms with Gasteiger partial charge in [-0.3, -0.25) is 10.2 Å². The van der Waals surface area contributed by atoms with Crippen LogP contribution in [-0.2, 0) is 6.61 Å². The highest BCUT2D eigenvalue weighted by molar-refractivity contribution is 5.92. The average molecular weight is 276 g/mol. The van der Waals surface area contributed by atoms with Crippen molar-refractivity contribution in [3.63, 3.8) is 0 Å². The maximum absolute atomic E-state index is 11.4. The minimum atomic E-state index is -0.460. The van der Waals surface area contributed by atoms with Crippen LogP contribution >= 0.6 is 0 Å². The Morgan fingerprint density at radius 3 is 2.55 bits per heavy atom. The van der Waals surface area contributed by atoms with E-state index in [4.69, 9.17) is 19.7 Å². The number of hydrogen-bond acceptors (Lipinski definition) is 5. The highest BCUT2D eigenvalue weighted by Gasteiger charge is 2.14. The van der Waals surface area contributed by atoms with Gasteiger partial charge in [0.1, 0.15) is 23.9 Å². The van der Waals surface area contributed by atoms with E-state index < -0.39 is 5.91 Å².